The molecule has 0 saturated carbocycles. The average molecular weight is 544 g/mol. The first-order valence-electron chi connectivity index (χ1n) is 11.0. The summed E-state index contributed by atoms with van der Waals surface area (Å²) in [5.41, 5.74) is 4.83. The number of halogens is 4. The van der Waals surface area contributed by atoms with Crippen molar-refractivity contribution < 1.29 is 21.6 Å². The van der Waals surface area contributed by atoms with Gasteiger partial charge in [0.05, 0.1) is 16.3 Å². The van der Waals surface area contributed by atoms with E-state index in [1.165, 1.54) is 37.9 Å². The zero-order chi connectivity index (χ0) is 25.5. The second kappa shape index (κ2) is 9.72. The van der Waals surface area contributed by atoms with Crippen molar-refractivity contribution in [2.45, 2.75) is 38.3 Å². The fourth-order valence-electron chi connectivity index (χ4n) is 4.33. The van der Waals surface area contributed by atoms with Gasteiger partial charge in [-0.2, -0.15) is 17.5 Å². The normalized spacial score (nSPS) is 15.6. The average Bonchev–Trinajstić information content (AvgIpc) is 3.24. The Bertz CT molecular complexity index is 1330. The van der Waals surface area contributed by atoms with Crippen LogP contribution in [0.25, 0.3) is 0 Å². The number of piperazine rings is 1. The minimum Gasteiger partial charge on any atom is -0.345 e. The van der Waals surface area contributed by atoms with Gasteiger partial charge in [-0.15, -0.1) is 11.3 Å². The molecule has 0 unspecified atom stereocenters. The van der Waals surface area contributed by atoms with Crippen LogP contribution in [-0.2, 0) is 22.6 Å². The fraction of sp³-hybridized carbons (Fsp3) is 0.375. The van der Waals surface area contributed by atoms with Gasteiger partial charge in [-0.1, -0.05) is 29.3 Å². The maximum absolute atomic E-state index is 13.1. The lowest BCUT2D eigenvalue weighted by atomic mass is 9.96. The molecule has 1 saturated heterocycles. The van der Waals surface area contributed by atoms with Crippen LogP contribution in [0.4, 0.5) is 18.3 Å². The summed E-state index contributed by atoms with van der Waals surface area (Å²) in [5, 5.41) is 2.59. The van der Waals surface area contributed by atoms with Gasteiger partial charge in [-0.05, 0) is 55.7 Å². The molecule has 35 heavy (non-hydrogen) atoms. The molecule has 2 heterocycles. The number of aromatic nitrogens is 1. The Hall–Kier alpha value is -2.14. The second-order valence-corrected chi connectivity index (χ2v) is 11.9. The Kier molecular flexibility index (Phi) is 7.21. The second-order valence-electron chi connectivity index (χ2n) is 8.71. The van der Waals surface area contributed by atoms with E-state index in [1.54, 1.807) is 0 Å². The molecule has 1 fully saturated rings. The van der Waals surface area contributed by atoms with Crippen molar-refractivity contribution in [3.05, 3.63) is 74.2 Å². The Balaban J connectivity index is 1.46. The van der Waals surface area contributed by atoms with Crippen molar-refractivity contribution >= 4 is 38.1 Å². The molecule has 4 rings (SSSR count). The number of sulfonamides is 1. The van der Waals surface area contributed by atoms with Crippen molar-refractivity contribution in [2.75, 3.05) is 31.1 Å². The van der Waals surface area contributed by atoms with Crippen LogP contribution in [0.3, 0.4) is 0 Å². The van der Waals surface area contributed by atoms with Gasteiger partial charge in [-0.25, -0.2) is 13.4 Å². The molecule has 0 N–H and O–H groups in total. The van der Waals surface area contributed by atoms with Crippen molar-refractivity contribution in [3.63, 3.8) is 0 Å². The van der Waals surface area contributed by atoms with Crippen LogP contribution in [-0.4, -0.2) is 43.9 Å². The molecule has 3 aromatic rings. The first-order valence-corrected chi connectivity index (χ1v) is 13.7. The molecule has 0 amide bonds. The predicted molar refractivity (Wildman–Crippen MR) is 133 cm³/mol. The lowest BCUT2D eigenvalue weighted by Crippen LogP contribution is -2.48. The summed E-state index contributed by atoms with van der Waals surface area (Å²) in [4.78, 5) is 6.24. The number of alkyl halides is 3. The van der Waals surface area contributed by atoms with E-state index in [9.17, 15) is 21.6 Å². The summed E-state index contributed by atoms with van der Waals surface area (Å²) in [6.07, 6.45) is -3.94. The van der Waals surface area contributed by atoms with Gasteiger partial charge in [0.25, 0.3) is 0 Å². The van der Waals surface area contributed by atoms with Gasteiger partial charge in [0.1, 0.15) is 4.90 Å². The van der Waals surface area contributed by atoms with Crippen LogP contribution in [0.15, 0.2) is 40.6 Å². The minimum atomic E-state index is -4.66. The number of hydrogen-bond acceptors (Lipinski definition) is 5. The highest BCUT2D eigenvalue weighted by Gasteiger charge is 2.35. The van der Waals surface area contributed by atoms with Gasteiger partial charge in [0.2, 0.25) is 10.0 Å². The maximum Gasteiger partial charge on any atom is 0.416 e. The third-order valence-corrected chi connectivity index (χ3v) is 9.45. The molecule has 0 bridgehead atoms. The number of hydrogen-bond donors (Lipinski definition) is 0. The number of nitrogens with zero attached hydrogens (tertiary/aromatic N) is 3. The molecule has 0 atom stereocenters. The summed E-state index contributed by atoms with van der Waals surface area (Å²) in [6, 6.07) is 6.67. The van der Waals surface area contributed by atoms with Crippen molar-refractivity contribution in [3.8, 4) is 0 Å². The minimum absolute atomic E-state index is 0.125. The topological polar surface area (TPSA) is 53.5 Å². The molecule has 1 aliphatic rings. The number of thiazole rings is 1. The highest BCUT2D eigenvalue weighted by molar-refractivity contribution is 7.89. The molecule has 5 nitrogen and oxygen atoms in total. The van der Waals surface area contributed by atoms with E-state index in [1.807, 2.05) is 10.3 Å². The third kappa shape index (κ3) is 5.50. The van der Waals surface area contributed by atoms with Crippen molar-refractivity contribution in [1.29, 1.82) is 0 Å². The Morgan fingerprint density at radius 3 is 2.26 bits per heavy atom. The molecule has 0 radical (unpaired) electrons. The third-order valence-electron chi connectivity index (χ3n) is 6.12. The molecule has 2 aromatic carbocycles. The quantitative estimate of drug-likeness (QED) is 0.405. The van der Waals surface area contributed by atoms with E-state index in [0.29, 0.717) is 19.2 Å². The standard InChI is InChI=1S/C24H25ClF3N3O2S2/c1-15-10-16(2)20(17(3)11-15)13-19-14-34-23(29-19)30-6-8-31(9-7-30)35(32,33)22-12-18(24(26,27)28)4-5-21(22)25/h4-5,10-12,14H,6-9,13H2,1-3H3. The molecule has 0 spiro atoms. The lowest BCUT2D eigenvalue weighted by molar-refractivity contribution is -0.137. The summed E-state index contributed by atoms with van der Waals surface area (Å²) >= 11 is 7.49. The first kappa shape index (κ1) is 25.9. The Morgan fingerprint density at radius 2 is 1.66 bits per heavy atom. The van der Waals surface area contributed by atoms with Gasteiger partial charge >= 0.3 is 6.18 Å². The molecule has 11 heteroatoms. The lowest BCUT2D eigenvalue weighted by Gasteiger charge is -2.34. The SMILES string of the molecule is Cc1cc(C)c(Cc2csc(N3CCN(S(=O)(=O)c4cc(C(F)(F)F)ccc4Cl)CC3)n2)c(C)c1. The predicted octanol–water partition coefficient (Wildman–Crippen LogP) is 5.84. The largest absolute Gasteiger partial charge is 0.416 e. The van der Waals surface area contributed by atoms with E-state index >= 15 is 0 Å². The van der Waals surface area contributed by atoms with Crippen LogP contribution >= 0.6 is 22.9 Å². The van der Waals surface area contributed by atoms with E-state index < -0.39 is 26.7 Å². The van der Waals surface area contributed by atoms with Gasteiger partial charge in [-0.3, -0.25) is 0 Å². The number of rotatable bonds is 5. The molecular formula is C24H25ClF3N3O2S2. The summed E-state index contributed by atoms with van der Waals surface area (Å²) < 4.78 is 66.6. The van der Waals surface area contributed by atoms with Gasteiger partial charge in [0, 0.05) is 38.0 Å². The summed E-state index contributed by atoms with van der Waals surface area (Å²) in [7, 11) is -4.17. The number of anilines is 1. The first-order chi connectivity index (χ1) is 16.4. The zero-order valence-corrected chi connectivity index (χ0v) is 21.9. The van der Waals surface area contributed by atoms with Crippen molar-refractivity contribution in [2.24, 2.45) is 0 Å². The molecule has 1 aromatic heterocycles. The fourth-order valence-corrected chi connectivity index (χ4v) is 7.13. The molecule has 1 aliphatic heterocycles. The van der Waals surface area contributed by atoms with Crippen molar-refractivity contribution in [1.82, 2.24) is 9.29 Å². The Morgan fingerprint density at radius 1 is 1.03 bits per heavy atom. The summed E-state index contributed by atoms with van der Waals surface area (Å²) in [5.74, 6) is 0. The zero-order valence-electron chi connectivity index (χ0n) is 19.5. The van der Waals surface area contributed by atoms with Gasteiger partial charge in [0.15, 0.2) is 5.13 Å². The van der Waals surface area contributed by atoms with E-state index in [2.05, 4.69) is 32.9 Å². The van der Waals surface area contributed by atoms with Crippen LogP contribution in [0.1, 0.15) is 33.5 Å². The van der Waals surface area contributed by atoms with Crippen LogP contribution in [0.5, 0.6) is 0 Å². The molecule has 188 valence electrons. The highest BCUT2D eigenvalue weighted by atomic mass is 35.5. The monoisotopic (exact) mass is 543 g/mol. The Labute approximate surface area is 212 Å². The maximum atomic E-state index is 13.1. The molecule has 0 aliphatic carbocycles. The number of aryl methyl sites for hydroxylation is 3. The molecular weight excluding hydrogens is 519 g/mol. The van der Waals surface area contributed by atoms with Gasteiger partial charge < -0.3 is 4.90 Å². The van der Waals surface area contributed by atoms with E-state index in [4.69, 9.17) is 16.6 Å². The van der Waals surface area contributed by atoms with Crippen LogP contribution in [0, 0.1) is 20.8 Å². The van der Waals surface area contributed by atoms with E-state index in [0.717, 1.165) is 29.4 Å². The highest BCUT2D eigenvalue weighted by Crippen LogP contribution is 2.35. The van der Waals surface area contributed by atoms with Crippen LogP contribution in [0.2, 0.25) is 5.02 Å². The number of benzene rings is 2. The van der Waals surface area contributed by atoms with E-state index in [-0.39, 0.29) is 18.1 Å². The van der Waals surface area contributed by atoms with Crippen LogP contribution < -0.4 is 4.90 Å². The smallest absolute Gasteiger partial charge is 0.345 e. The summed E-state index contributed by atoms with van der Waals surface area (Å²) in [6.45, 7) is 7.28.